The van der Waals surface area contributed by atoms with Gasteiger partial charge in [-0.1, -0.05) is 24.3 Å². The third-order valence-electron chi connectivity index (χ3n) is 4.82. The van der Waals surface area contributed by atoms with Gasteiger partial charge in [-0.3, -0.25) is 4.90 Å². The van der Waals surface area contributed by atoms with Gasteiger partial charge in [-0.25, -0.2) is 4.98 Å². The largest absolute Gasteiger partial charge is 0.475 e. The first-order valence-corrected chi connectivity index (χ1v) is 8.71. The first-order valence-electron chi connectivity index (χ1n) is 8.71. The van der Waals surface area contributed by atoms with E-state index in [0.717, 1.165) is 22.9 Å². The van der Waals surface area contributed by atoms with E-state index >= 15 is 0 Å². The fourth-order valence-corrected chi connectivity index (χ4v) is 3.49. The maximum Gasteiger partial charge on any atom is 0.433 e. The summed E-state index contributed by atoms with van der Waals surface area (Å²) in [7, 11) is 0. The molecule has 0 bridgehead atoms. The van der Waals surface area contributed by atoms with Crippen LogP contribution < -0.4 is 14.2 Å². The SMILES string of the molecule is FC(F)(F)c1ccc2ccc3c(c2n1)OCN(Cc1ccc2c(c1)OCO2)C3. The second-order valence-electron chi connectivity index (χ2n) is 6.77. The molecule has 0 fully saturated rings. The van der Waals surface area contributed by atoms with Crippen molar-refractivity contribution in [3.8, 4) is 17.2 Å². The fraction of sp³-hybridized carbons (Fsp3) is 0.250. The molecule has 3 aromatic rings. The third kappa shape index (κ3) is 2.99. The average Bonchev–Trinajstić information content (AvgIpc) is 3.14. The van der Waals surface area contributed by atoms with Crippen LogP contribution in [0.2, 0.25) is 0 Å². The number of rotatable bonds is 2. The minimum atomic E-state index is -4.49. The molecule has 2 aromatic carbocycles. The summed E-state index contributed by atoms with van der Waals surface area (Å²) < 4.78 is 55.6. The molecule has 5 nitrogen and oxygen atoms in total. The Morgan fingerprint density at radius 3 is 2.64 bits per heavy atom. The predicted octanol–water partition coefficient (Wildman–Crippen LogP) is 4.33. The fourth-order valence-electron chi connectivity index (χ4n) is 3.49. The summed E-state index contributed by atoms with van der Waals surface area (Å²) in [5.41, 5.74) is 1.18. The summed E-state index contributed by atoms with van der Waals surface area (Å²) in [4.78, 5) is 5.86. The Hall–Kier alpha value is -3.00. The molecule has 0 N–H and O–H groups in total. The van der Waals surface area contributed by atoms with Gasteiger partial charge in [0.2, 0.25) is 6.79 Å². The van der Waals surface area contributed by atoms with Gasteiger partial charge in [0.1, 0.15) is 17.9 Å². The highest BCUT2D eigenvalue weighted by Gasteiger charge is 2.33. The lowest BCUT2D eigenvalue weighted by Crippen LogP contribution is -2.31. The van der Waals surface area contributed by atoms with E-state index in [-0.39, 0.29) is 19.0 Å². The Kier molecular flexibility index (Phi) is 3.83. The highest BCUT2D eigenvalue weighted by Crippen LogP contribution is 2.37. The lowest BCUT2D eigenvalue weighted by atomic mass is 10.1. The van der Waals surface area contributed by atoms with E-state index in [0.29, 0.717) is 30.0 Å². The van der Waals surface area contributed by atoms with Gasteiger partial charge >= 0.3 is 6.18 Å². The molecular formula is C20H15F3N2O3. The van der Waals surface area contributed by atoms with Crippen molar-refractivity contribution in [2.45, 2.75) is 19.3 Å². The molecule has 0 unspecified atom stereocenters. The highest BCUT2D eigenvalue weighted by atomic mass is 19.4. The second-order valence-corrected chi connectivity index (χ2v) is 6.77. The van der Waals surface area contributed by atoms with Crippen LogP contribution in [-0.2, 0) is 19.3 Å². The minimum absolute atomic E-state index is 0.221. The first kappa shape index (κ1) is 17.1. The van der Waals surface area contributed by atoms with E-state index < -0.39 is 11.9 Å². The maximum absolute atomic E-state index is 13.0. The Bertz CT molecular complexity index is 1070. The summed E-state index contributed by atoms with van der Waals surface area (Å²) in [5, 5.41) is 0.621. The van der Waals surface area contributed by atoms with Crippen LogP contribution in [0.15, 0.2) is 42.5 Å². The number of ether oxygens (including phenoxy) is 3. The van der Waals surface area contributed by atoms with Crippen LogP contribution in [0.4, 0.5) is 13.2 Å². The van der Waals surface area contributed by atoms with Crippen molar-refractivity contribution in [3.05, 3.63) is 59.3 Å². The van der Waals surface area contributed by atoms with Gasteiger partial charge in [0.15, 0.2) is 17.2 Å². The van der Waals surface area contributed by atoms with E-state index in [1.165, 1.54) is 6.07 Å². The number of benzene rings is 2. The highest BCUT2D eigenvalue weighted by molar-refractivity contribution is 5.86. The van der Waals surface area contributed by atoms with Crippen molar-refractivity contribution in [2.75, 3.05) is 13.5 Å². The molecule has 5 rings (SSSR count). The van der Waals surface area contributed by atoms with Gasteiger partial charge in [-0.2, -0.15) is 13.2 Å². The number of nitrogens with zero attached hydrogens (tertiary/aromatic N) is 2. The van der Waals surface area contributed by atoms with Crippen LogP contribution in [0.25, 0.3) is 10.9 Å². The second kappa shape index (κ2) is 6.27. The topological polar surface area (TPSA) is 43.8 Å². The van der Waals surface area contributed by atoms with Crippen molar-refractivity contribution in [3.63, 3.8) is 0 Å². The van der Waals surface area contributed by atoms with E-state index in [9.17, 15) is 13.2 Å². The van der Waals surface area contributed by atoms with Crippen LogP contribution in [0.3, 0.4) is 0 Å². The molecule has 0 atom stereocenters. The van der Waals surface area contributed by atoms with Crippen molar-refractivity contribution < 1.29 is 27.4 Å². The standard InChI is InChI=1S/C20H15F3N2O3/c21-20(22,23)17-6-4-13-2-3-14-9-25(10-26-19(14)18(13)24-17)8-12-1-5-15-16(7-12)28-11-27-15/h1-7H,8-11H2. The van der Waals surface area contributed by atoms with Crippen molar-refractivity contribution in [2.24, 2.45) is 0 Å². The van der Waals surface area contributed by atoms with Crippen molar-refractivity contribution in [1.29, 1.82) is 0 Å². The van der Waals surface area contributed by atoms with Crippen LogP contribution in [0.1, 0.15) is 16.8 Å². The Labute approximate surface area is 158 Å². The smallest absolute Gasteiger partial charge is 0.433 e. The molecule has 0 aliphatic carbocycles. The summed E-state index contributed by atoms with van der Waals surface area (Å²) >= 11 is 0. The summed E-state index contributed by atoms with van der Waals surface area (Å²) in [6.07, 6.45) is -4.49. The first-order chi connectivity index (χ1) is 13.5. The Morgan fingerprint density at radius 2 is 1.79 bits per heavy atom. The maximum atomic E-state index is 13.0. The summed E-state index contributed by atoms with van der Waals surface area (Å²) in [5.74, 6) is 1.86. The molecule has 0 amide bonds. The molecule has 144 valence electrons. The number of hydrogen-bond donors (Lipinski definition) is 0. The Balaban J connectivity index is 1.42. The summed E-state index contributed by atoms with van der Waals surface area (Å²) in [6, 6.07) is 11.8. The zero-order valence-electron chi connectivity index (χ0n) is 14.6. The molecule has 2 aliphatic heterocycles. The lowest BCUT2D eigenvalue weighted by Gasteiger charge is -2.29. The van der Waals surface area contributed by atoms with Crippen LogP contribution in [0, 0.1) is 0 Å². The van der Waals surface area contributed by atoms with Crippen molar-refractivity contribution >= 4 is 10.9 Å². The monoisotopic (exact) mass is 388 g/mol. The third-order valence-corrected chi connectivity index (χ3v) is 4.82. The molecule has 8 heteroatoms. The number of halogens is 3. The molecule has 0 spiro atoms. The van der Waals surface area contributed by atoms with Crippen LogP contribution in [0.5, 0.6) is 17.2 Å². The van der Waals surface area contributed by atoms with E-state index in [4.69, 9.17) is 14.2 Å². The van der Waals surface area contributed by atoms with E-state index in [1.807, 2.05) is 24.3 Å². The van der Waals surface area contributed by atoms with Gasteiger partial charge in [-0.05, 0) is 23.8 Å². The normalized spacial score (nSPS) is 16.1. The lowest BCUT2D eigenvalue weighted by molar-refractivity contribution is -0.140. The van der Waals surface area contributed by atoms with E-state index in [2.05, 4.69) is 9.88 Å². The number of alkyl halides is 3. The predicted molar refractivity (Wildman–Crippen MR) is 94.1 cm³/mol. The molecule has 0 saturated heterocycles. The number of hydrogen-bond acceptors (Lipinski definition) is 5. The molecular weight excluding hydrogens is 373 g/mol. The summed E-state index contributed by atoms with van der Waals surface area (Å²) in [6.45, 7) is 1.65. The van der Waals surface area contributed by atoms with Gasteiger partial charge < -0.3 is 14.2 Å². The number of fused-ring (bicyclic) bond motifs is 4. The Morgan fingerprint density at radius 1 is 0.964 bits per heavy atom. The molecule has 3 heterocycles. The zero-order chi connectivity index (χ0) is 19.3. The molecule has 0 radical (unpaired) electrons. The molecule has 0 saturated carbocycles. The molecule has 1 aromatic heterocycles. The molecule has 2 aliphatic rings. The average molecular weight is 388 g/mol. The van der Waals surface area contributed by atoms with Gasteiger partial charge in [0.05, 0.1) is 0 Å². The van der Waals surface area contributed by atoms with Gasteiger partial charge in [-0.15, -0.1) is 0 Å². The zero-order valence-corrected chi connectivity index (χ0v) is 14.6. The van der Waals surface area contributed by atoms with Gasteiger partial charge in [0, 0.05) is 24.0 Å². The number of pyridine rings is 1. The number of aromatic nitrogens is 1. The van der Waals surface area contributed by atoms with E-state index in [1.54, 1.807) is 6.07 Å². The minimum Gasteiger partial charge on any atom is -0.475 e. The van der Waals surface area contributed by atoms with Crippen molar-refractivity contribution in [1.82, 2.24) is 9.88 Å². The molecule has 28 heavy (non-hydrogen) atoms. The van der Waals surface area contributed by atoms with Crippen LogP contribution >= 0.6 is 0 Å². The van der Waals surface area contributed by atoms with Crippen LogP contribution in [-0.4, -0.2) is 23.4 Å². The quantitative estimate of drug-likeness (QED) is 0.654. The van der Waals surface area contributed by atoms with Gasteiger partial charge in [0.25, 0.3) is 0 Å².